The molecule has 0 aliphatic carbocycles. The molecule has 2 N–H and O–H groups in total. The predicted octanol–water partition coefficient (Wildman–Crippen LogP) is 6.78. The predicted molar refractivity (Wildman–Crippen MR) is 166 cm³/mol. The fraction of sp³-hybridized carbons (Fsp3) is 0.294. The number of imidazole rings is 1. The summed E-state index contributed by atoms with van der Waals surface area (Å²) in [5.41, 5.74) is 5.35. The van der Waals surface area contributed by atoms with Gasteiger partial charge in [-0.15, -0.1) is 0 Å². The molecule has 0 spiro atoms. The number of anilines is 1. The van der Waals surface area contributed by atoms with Gasteiger partial charge in [0, 0.05) is 42.3 Å². The summed E-state index contributed by atoms with van der Waals surface area (Å²) in [6.45, 7) is 1.82. The van der Waals surface area contributed by atoms with E-state index in [0.29, 0.717) is 23.8 Å². The van der Waals surface area contributed by atoms with Gasteiger partial charge in [-0.25, -0.2) is 4.98 Å². The second kappa shape index (κ2) is 12.9. The first kappa shape index (κ1) is 27.4. The van der Waals surface area contributed by atoms with E-state index in [1.54, 1.807) is 6.20 Å². The van der Waals surface area contributed by atoms with Crippen molar-refractivity contribution >= 4 is 28.7 Å². The summed E-state index contributed by atoms with van der Waals surface area (Å²) in [6, 6.07) is 23.6. The number of piperidine rings is 1. The van der Waals surface area contributed by atoms with Crippen LogP contribution in [-0.2, 0) is 11.2 Å². The molecule has 0 unspecified atom stereocenters. The Labute approximate surface area is 245 Å². The second-order valence-corrected chi connectivity index (χ2v) is 11.0. The number of carbonyl (C=O) groups excluding carboxylic acids is 2. The van der Waals surface area contributed by atoms with Gasteiger partial charge in [-0.2, -0.15) is 5.10 Å². The van der Waals surface area contributed by atoms with Gasteiger partial charge in [0.25, 0.3) is 5.91 Å². The minimum atomic E-state index is -0.216. The molecule has 1 fully saturated rings. The van der Waals surface area contributed by atoms with Gasteiger partial charge < -0.3 is 4.90 Å². The molecular weight excluding hydrogens is 524 g/mol. The third-order valence-corrected chi connectivity index (χ3v) is 7.95. The van der Waals surface area contributed by atoms with Crippen molar-refractivity contribution in [2.75, 3.05) is 18.4 Å². The third-order valence-electron chi connectivity index (χ3n) is 7.95. The lowest BCUT2D eigenvalue weighted by Crippen LogP contribution is -2.35. The van der Waals surface area contributed by atoms with Gasteiger partial charge >= 0.3 is 0 Å². The van der Waals surface area contributed by atoms with Crippen LogP contribution >= 0.6 is 0 Å². The highest BCUT2D eigenvalue weighted by atomic mass is 16.2. The molecule has 0 saturated carbocycles. The minimum absolute atomic E-state index is 0.216. The number of aromatic amines is 1. The molecule has 8 nitrogen and oxygen atoms in total. The summed E-state index contributed by atoms with van der Waals surface area (Å²) < 4.78 is 1.93. The first-order valence-corrected chi connectivity index (χ1v) is 14.9. The molecule has 42 heavy (non-hydrogen) atoms. The van der Waals surface area contributed by atoms with Gasteiger partial charge in [0.1, 0.15) is 0 Å². The fourth-order valence-corrected chi connectivity index (χ4v) is 5.62. The van der Waals surface area contributed by atoms with Crippen molar-refractivity contribution < 1.29 is 9.59 Å². The van der Waals surface area contributed by atoms with E-state index in [1.165, 1.54) is 6.42 Å². The summed E-state index contributed by atoms with van der Waals surface area (Å²) in [4.78, 5) is 32.7. The topological polar surface area (TPSA) is 95.9 Å². The quantitative estimate of drug-likeness (QED) is 0.184. The largest absolute Gasteiger partial charge is 0.343 e. The van der Waals surface area contributed by atoms with Crippen molar-refractivity contribution in [2.24, 2.45) is 0 Å². The molecule has 8 heteroatoms. The van der Waals surface area contributed by atoms with Crippen LogP contribution in [0.25, 0.3) is 27.7 Å². The molecule has 0 bridgehead atoms. The zero-order valence-electron chi connectivity index (χ0n) is 23.8. The van der Waals surface area contributed by atoms with E-state index < -0.39 is 0 Å². The van der Waals surface area contributed by atoms with Gasteiger partial charge in [-0.3, -0.25) is 24.6 Å². The number of unbranched alkanes of at least 4 members (excludes halogenated alkanes) is 2. The Hall–Kier alpha value is -4.72. The molecule has 214 valence electrons. The second-order valence-electron chi connectivity index (χ2n) is 11.0. The first-order valence-electron chi connectivity index (χ1n) is 14.9. The van der Waals surface area contributed by atoms with Crippen molar-refractivity contribution in [2.45, 2.75) is 51.4 Å². The zero-order chi connectivity index (χ0) is 28.7. The number of H-pyrrole nitrogens is 1. The maximum absolute atomic E-state index is 13.4. The molecule has 0 radical (unpaired) electrons. The molecule has 0 atom stereocenters. The average molecular weight is 561 g/mol. The normalized spacial score (nSPS) is 13.4. The Kier molecular flexibility index (Phi) is 8.40. The summed E-state index contributed by atoms with van der Waals surface area (Å²) >= 11 is 0. The number of aryl methyl sites for hydroxylation is 1. The van der Waals surface area contributed by atoms with Gasteiger partial charge in [0.15, 0.2) is 0 Å². The maximum atomic E-state index is 13.4. The van der Waals surface area contributed by atoms with Crippen molar-refractivity contribution in [1.82, 2.24) is 24.6 Å². The number of likely N-dealkylation sites (tertiary alicyclic amines) is 1. The van der Waals surface area contributed by atoms with E-state index in [1.807, 2.05) is 82.4 Å². The van der Waals surface area contributed by atoms with E-state index in [4.69, 9.17) is 4.98 Å². The molecule has 3 heterocycles. The van der Waals surface area contributed by atoms with Crippen LogP contribution in [0.15, 0.2) is 85.2 Å². The number of benzene rings is 3. The number of hydrogen-bond donors (Lipinski definition) is 2. The van der Waals surface area contributed by atoms with Gasteiger partial charge in [-0.05, 0) is 86.1 Å². The standard InChI is InChI=1S/C34H36N6O2/c41-32(39-19-8-3-9-20-39)16-7-1-4-13-29-24-40(30-14-5-2-6-15-30)34(36-29)37-33(42)27-12-10-11-25(21-27)26-17-18-31-28(22-26)23-35-38-31/h2,5-6,10-12,14-15,17-18,21-24H,1,3-4,7-9,13,16,19-20H2,(H,35,38)(H,36,37,42). The summed E-state index contributed by atoms with van der Waals surface area (Å²) in [6.07, 6.45) is 11.5. The third kappa shape index (κ3) is 6.43. The number of hydrogen-bond acceptors (Lipinski definition) is 4. The molecule has 6 rings (SSSR count). The molecule has 1 saturated heterocycles. The van der Waals surface area contributed by atoms with Crippen LogP contribution in [0.5, 0.6) is 0 Å². The highest BCUT2D eigenvalue weighted by Crippen LogP contribution is 2.25. The number of nitrogens with one attached hydrogen (secondary N) is 2. The van der Waals surface area contributed by atoms with Gasteiger partial charge in [-0.1, -0.05) is 42.8 Å². The SMILES string of the molecule is O=C(Nc1nc(CCCCCC(=O)N2CCCCC2)cn1-c1ccccc1)c1cccc(-c2ccc3[nH]ncc3c2)c1. The lowest BCUT2D eigenvalue weighted by atomic mass is 10.0. The molecule has 5 aromatic rings. The van der Waals surface area contributed by atoms with Crippen molar-refractivity contribution in [1.29, 1.82) is 0 Å². The van der Waals surface area contributed by atoms with Crippen molar-refractivity contribution in [3.8, 4) is 16.8 Å². The van der Waals surface area contributed by atoms with E-state index >= 15 is 0 Å². The number of amides is 2. The highest BCUT2D eigenvalue weighted by molar-refractivity contribution is 6.04. The summed E-state index contributed by atoms with van der Waals surface area (Å²) in [7, 11) is 0. The lowest BCUT2D eigenvalue weighted by Gasteiger charge is -2.26. The van der Waals surface area contributed by atoms with Crippen LogP contribution in [0, 0.1) is 0 Å². The zero-order valence-corrected chi connectivity index (χ0v) is 23.8. The number of rotatable bonds is 10. The van der Waals surface area contributed by atoms with Gasteiger partial charge in [0.2, 0.25) is 11.9 Å². The number of fused-ring (bicyclic) bond motifs is 1. The maximum Gasteiger partial charge on any atom is 0.258 e. The smallest absolute Gasteiger partial charge is 0.258 e. The Balaban J connectivity index is 1.12. The van der Waals surface area contributed by atoms with Crippen molar-refractivity contribution in [3.63, 3.8) is 0 Å². The fourth-order valence-electron chi connectivity index (χ4n) is 5.62. The first-order chi connectivity index (χ1) is 20.6. The van der Waals surface area contributed by atoms with Gasteiger partial charge in [0.05, 0.1) is 17.4 Å². The monoisotopic (exact) mass is 560 g/mol. The van der Waals surface area contributed by atoms with Crippen LogP contribution in [0.4, 0.5) is 5.95 Å². The Morgan fingerprint density at radius 3 is 2.55 bits per heavy atom. The Morgan fingerprint density at radius 2 is 1.69 bits per heavy atom. The number of carbonyl (C=O) groups is 2. The highest BCUT2D eigenvalue weighted by Gasteiger charge is 2.17. The molecule has 3 aromatic carbocycles. The number of nitrogens with zero attached hydrogens (tertiary/aromatic N) is 4. The molecular formula is C34H36N6O2. The van der Waals surface area contributed by atoms with E-state index in [0.717, 1.165) is 85.0 Å². The number of aromatic nitrogens is 4. The van der Waals surface area contributed by atoms with Crippen LogP contribution in [0.2, 0.25) is 0 Å². The van der Waals surface area contributed by atoms with Crippen molar-refractivity contribution in [3.05, 3.63) is 96.4 Å². The average Bonchev–Trinajstić information content (AvgIpc) is 3.68. The van der Waals surface area contributed by atoms with E-state index in [9.17, 15) is 9.59 Å². The van der Waals surface area contributed by atoms with Crippen LogP contribution in [0.1, 0.15) is 61.0 Å². The summed E-state index contributed by atoms with van der Waals surface area (Å²) in [5, 5.41) is 11.1. The molecule has 1 aliphatic rings. The lowest BCUT2D eigenvalue weighted by molar-refractivity contribution is -0.132. The summed E-state index contributed by atoms with van der Waals surface area (Å²) in [5.74, 6) is 0.567. The van der Waals surface area contributed by atoms with Crippen LogP contribution < -0.4 is 5.32 Å². The molecule has 2 amide bonds. The molecule has 2 aromatic heterocycles. The minimum Gasteiger partial charge on any atom is -0.343 e. The molecule has 1 aliphatic heterocycles. The Morgan fingerprint density at radius 1 is 0.857 bits per heavy atom. The van der Waals surface area contributed by atoms with E-state index in [2.05, 4.69) is 21.6 Å². The number of para-hydroxylation sites is 1. The van der Waals surface area contributed by atoms with Crippen LogP contribution in [0.3, 0.4) is 0 Å². The van der Waals surface area contributed by atoms with E-state index in [-0.39, 0.29) is 5.91 Å². The van der Waals surface area contributed by atoms with Crippen LogP contribution in [-0.4, -0.2) is 49.6 Å². The Bertz CT molecular complexity index is 1670.